The maximum absolute atomic E-state index is 5.05. The molecule has 0 saturated carbocycles. The van der Waals surface area contributed by atoms with Gasteiger partial charge in [0.05, 0.1) is 27.6 Å². The Morgan fingerprint density at radius 1 is 0.339 bits per heavy atom. The van der Waals surface area contributed by atoms with Crippen molar-refractivity contribution in [3.8, 4) is 56.7 Å². The van der Waals surface area contributed by atoms with Crippen molar-refractivity contribution in [2.24, 2.45) is 0 Å². The molecule has 4 heterocycles. The van der Waals surface area contributed by atoms with E-state index >= 15 is 0 Å². The number of fused-ring (bicyclic) bond motifs is 6. The lowest BCUT2D eigenvalue weighted by atomic mass is 10.0. The summed E-state index contributed by atoms with van der Waals surface area (Å²) in [5, 5.41) is 3.49. The average molecular weight is 717 g/mol. The second-order valence-electron chi connectivity index (χ2n) is 13.9. The van der Waals surface area contributed by atoms with Gasteiger partial charge in [-0.2, -0.15) is 0 Å². The van der Waals surface area contributed by atoms with Crippen LogP contribution in [0.5, 0.6) is 0 Å². The molecule has 7 aromatic carbocycles. The third-order valence-electron chi connectivity index (χ3n) is 10.6. The van der Waals surface area contributed by atoms with Gasteiger partial charge >= 0.3 is 0 Å². The van der Waals surface area contributed by atoms with Crippen molar-refractivity contribution in [2.75, 3.05) is 0 Å². The minimum atomic E-state index is 0.619. The zero-order chi connectivity index (χ0) is 37.0. The number of aromatic nitrogens is 6. The molecule has 262 valence electrons. The molecule has 0 spiro atoms. The van der Waals surface area contributed by atoms with Gasteiger partial charge in [0.25, 0.3) is 0 Å². The van der Waals surface area contributed by atoms with Crippen LogP contribution in [0.25, 0.3) is 100 Å². The Bertz CT molecular complexity index is 3180. The molecule has 0 bridgehead atoms. The predicted molar refractivity (Wildman–Crippen MR) is 228 cm³/mol. The van der Waals surface area contributed by atoms with E-state index in [2.05, 4.69) is 130 Å². The normalized spacial score (nSPS) is 11.6. The lowest BCUT2D eigenvalue weighted by molar-refractivity contribution is 1.07. The Hall–Kier alpha value is -7.70. The summed E-state index contributed by atoms with van der Waals surface area (Å²) in [5.41, 5.74) is 12.6. The highest BCUT2D eigenvalue weighted by atomic mass is 15.0. The third-order valence-corrected chi connectivity index (χ3v) is 10.6. The number of rotatable bonds is 6. The molecule has 11 aromatic rings. The molecule has 56 heavy (non-hydrogen) atoms. The van der Waals surface area contributed by atoms with Crippen LogP contribution >= 0.6 is 0 Å². The van der Waals surface area contributed by atoms with Crippen LogP contribution in [0.4, 0.5) is 0 Å². The van der Waals surface area contributed by atoms with Gasteiger partial charge in [-0.05, 0) is 60.2 Å². The van der Waals surface area contributed by atoms with Crippen LogP contribution in [0.2, 0.25) is 0 Å². The zero-order valence-electron chi connectivity index (χ0n) is 30.2. The highest BCUT2D eigenvalue weighted by Gasteiger charge is 2.20. The molecule has 0 saturated heterocycles. The van der Waals surface area contributed by atoms with Crippen molar-refractivity contribution in [1.29, 1.82) is 0 Å². The lowest BCUT2D eigenvalue weighted by Crippen LogP contribution is -2.01. The molecule has 6 nitrogen and oxygen atoms in total. The standard InChI is InChI=1S/C50H32N6/c1-4-15-33(16-5-1)48-52-49(34-17-6-2-7-18-34)54-50(53-48)36-19-12-22-38(31-36)56-43-26-11-10-23-40(43)41-25-13-24-39(47(41)56)35-28-29-44-42(32-35)46-45(27-14-30-51-46)55(44)37-20-8-3-9-21-37/h1-32H. The summed E-state index contributed by atoms with van der Waals surface area (Å²) >= 11 is 0. The van der Waals surface area contributed by atoms with Crippen LogP contribution in [-0.4, -0.2) is 29.1 Å². The molecule has 4 aromatic heterocycles. The fourth-order valence-corrected chi connectivity index (χ4v) is 8.10. The van der Waals surface area contributed by atoms with Crippen LogP contribution in [0, 0.1) is 0 Å². The van der Waals surface area contributed by atoms with E-state index < -0.39 is 0 Å². The molecule has 0 radical (unpaired) electrons. The molecule has 0 N–H and O–H groups in total. The summed E-state index contributed by atoms with van der Waals surface area (Å²) in [6.45, 7) is 0. The molecular formula is C50H32N6. The van der Waals surface area contributed by atoms with Gasteiger partial charge in [-0.25, -0.2) is 15.0 Å². The Morgan fingerprint density at radius 3 is 1.66 bits per heavy atom. The molecule has 0 aliphatic carbocycles. The molecule has 0 aliphatic heterocycles. The predicted octanol–water partition coefficient (Wildman–Crippen LogP) is 12.1. The van der Waals surface area contributed by atoms with E-state index in [0.717, 1.165) is 72.2 Å². The summed E-state index contributed by atoms with van der Waals surface area (Å²) in [6.07, 6.45) is 1.88. The summed E-state index contributed by atoms with van der Waals surface area (Å²) in [5.74, 6) is 1.89. The summed E-state index contributed by atoms with van der Waals surface area (Å²) < 4.78 is 4.69. The Morgan fingerprint density at radius 2 is 0.911 bits per heavy atom. The maximum Gasteiger partial charge on any atom is 0.164 e. The second kappa shape index (κ2) is 13.0. The molecule has 0 aliphatic rings. The Kier molecular flexibility index (Phi) is 7.38. The van der Waals surface area contributed by atoms with Crippen LogP contribution in [0.15, 0.2) is 194 Å². The highest BCUT2D eigenvalue weighted by Crippen LogP contribution is 2.41. The Labute approximate surface area is 322 Å². The van der Waals surface area contributed by atoms with Crippen molar-refractivity contribution in [3.05, 3.63) is 194 Å². The molecule has 11 rings (SSSR count). The Balaban J connectivity index is 1.12. The van der Waals surface area contributed by atoms with Crippen LogP contribution in [0.3, 0.4) is 0 Å². The molecule has 0 amide bonds. The molecule has 0 atom stereocenters. The smallest absolute Gasteiger partial charge is 0.164 e. The number of hydrogen-bond donors (Lipinski definition) is 0. The van der Waals surface area contributed by atoms with Gasteiger partial charge in [-0.1, -0.05) is 133 Å². The van der Waals surface area contributed by atoms with E-state index in [-0.39, 0.29) is 0 Å². The van der Waals surface area contributed by atoms with Gasteiger partial charge in [0.15, 0.2) is 17.5 Å². The van der Waals surface area contributed by atoms with Crippen molar-refractivity contribution in [1.82, 2.24) is 29.1 Å². The van der Waals surface area contributed by atoms with Gasteiger partial charge < -0.3 is 9.13 Å². The molecule has 0 unspecified atom stereocenters. The fourth-order valence-electron chi connectivity index (χ4n) is 8.10. The zero-order valence-corrected chi connectivity index (χ0v) is 30.2. The second-order valence-corrected chi connectivity index (χ2v) is 13.9. The van der Waals surface area contributed by atoms with Crippen LogP contribution in [0.1, 0.15) is 0 Å². The van der Waals surface area contributed by atoms with Gasteiger partial charge in [0.2, 0.25) is 0 Å². The van der Waals surface area contributed by atoms with Gasteiger partial charge in [0, 0.05) is 56.0 Å². The monoisotopic (exact) mass is 716 g/mol. The minimum Gasteiger partial charge on any atom is -0.309 e. The highest BCUT2D eigenvalue weighted by molar-refractivity contribution is 6.15. The van der Waals surface area contributed by atoms with E-state index in [4.69, 9.17) is 19.9 Å². The van der Waals surface area contributed by atoms with E-state index in [0.29, 0.717) is 17.5 Å². The lowest BCUT2D eigenvalue weighted by Gasteiger charge is -2.14. The first kappa shape index (κ1) is 31.8. The summed E-state index contributed by atoms with van der Waals surface area (Å²) in [6, 6.07) is 65.5. The molecule has 6 heteroatoms. The number of hydrogen-bond acceptors (Lipinski definition) is 4. The SMILES string of the molecule is c1ccc(-c2nc(-c3ccccc3)nc(-c3cccc(-n4c5ccccc5c5cccc(-c6ccc7c(c6)c6ncccc6n7-c6ccccc6)c54)c3)n2)cc1. The van der Waals surface area contributed by atoms with E-state index in [1.807, 2.05) is 72.9 Å². The number of nitrogens with zero attached hydrogens (tertiary/aromatic N) is 6. The van der Waals surface area contributed by atoms with E-state index in [9.17, 15) is 0 Å². The fraction of sp³-hybridized carbons (Fsp3) is 0. The van der Waals surface area contributed by atoms with Gasteiger partial charge in [-0.3, -0.25) is 4.98 Å². The van der Waals surface area contributed by atoms with Crippen molar-refractivity contribution < 1.29 is 0 Å². The number of benzene rings is 7. The van der Waals surface area contributed by atoms with E-state index in [1.54, 1.807) is 0 Å². The topological polar surface area (TPSA) is 61.4 Å². The quantitative estimate of drug-likeness (QED) is 0.172. The van der Waals surface area contributed by atoms with Crippen molar-refractivity contribution in [3.63, 3.8) is 0 Å². The van der Waals surface area contributed by atoms with Crippen molar-refractivity contribution in [2.45, 2.75) is 0 Å². The summed E-state index contributed by atoms with van der Waals surface area (Å²) in [7, 11) is 0. The first-order chi connectivity index (χ1) is 27.8. The first-order valence-corrected chi connectivity index (χ1v) is 18.7. The van der Waals surface area contributed by atoms with Crippen LogP contribution < -0.4 is 0 Å². The van der Waals surface area contributed by atoms with Gasteiger partial charge in [0.1, 0.15) is 0 Å². The number of pyridine rings is 1. The minimum absolute atomic E-state index is 0.619. The molecular weight excluding hydrogens is 685 g/mol. The van der Waals surface area contributed by atoms with Gasteiger partial charge in [-0.15, -0.1) is 0 Å². The largest absolute Gasteiger partial charge is 0.309 e. The molecule has 0 fully saturated rings. The maximum atomic E-state index is 5.05. The summed E-state index contributed by atoms with van der Waals surface area (Å²) in [4.78, 5) is 19.9. The van der Waals surface area contributed by atoms with Crippen molar-refractivity contribution >= 4 is 43.7 Å². The number of para-hydroxylation sites is 3. The average Bonchev–Trinajstić information content (AvgIpc) is 3.80. The first-order valence-electron chi connectivity index (χ1n) is 18.7. The third kappa shape index (κ3) is 5.19. The van der Waals surface area contributed by atoms with Crippen LogP contribution in [-0.2, 0) is 0 Å². The van der Waals surface area contributed by atoms with E-state index in [1.165, 1.54) is 10.8 Å².